The van der Waals surface area contributed by atoms with Gasteiger partial charge in [-0.1, -0.05) is 30.4 Å². The minimum absolute atomic E-state index is 0.0561. The Kier molecular flexibility index (Phi) is 4.47. The molecule has 5 nitrogen and oxygen atoms in total. The zero-order valence-electron chi connectivity index (χ0n) is 16.1. The SMILES string of the molecule is COC1=CC(C2=CC3OC4CCC=CC4C3C=C2)NC(=C2CCC=CC2=O)N1. The lowest BCUT2D eigenvalue weighted by Gasteiger charge is -2.31. The average Bonchev–Trinajstić information content (AvgIpc) is 3.11. The van der Waals surface area contributed by atoms with Crippen molar-refractivity contribution in [1.29, 1.82) is 0 Å². The maximum absolute atomic E-state index is 12.3. The first-order chi connectivity index (χ1) is 13.7. The van der Waals surface area contributed by atoms with Crippen molar-refractivity contribution in [2.24, 2.45) is 11.8 Å². The van der Waals surface area contributed by atoms with E-state index >= 15 is 0 Å². The molecule has 0 saturated carbocycles. The van der Waals surface area contributed by atoms with Crippen molar-refractivity contribution in [3.05, 3.63) is 71.5 Å². The quantitative estimate of drug-likeness (QED) is 0.571. The molecule has 2 aliphatic heterocycles. The topological polar surface area (TPSA) is 59.6 Å². The zero-order chi connectivity index (χ0) is 19.1. The van der Waals surface area contributed by atoms with Gasteiger partial charge in [0.1, 0.15) is 5.82 Å². The van der Waals surface area contributed by atoms with Crippen LogP contribution < -0.4 is 10.6 Å². The number of fused-ring (bicyclic) bond motifs is 3. The van der Waals surface area contributed by atoms with Gasteiger partial charge in [-0.3, -0.25) is 4.79 Å². The molecule has 2 N–H and O–H groups in total. The van der Waals surface area contributed by atoms with Gasteiger partial charge >= 0.3 is 0 Å². The highest BCUT2D eigenvalue weighted by Crippen LogP contribution is 2.42. The van der Waals surface area contributed by atoms with E-state index in [2.05, 4.69) is 41.0 Å². The van der Waals surface area contributed by atoms with Crippen LogP contribution in [0.25, 0.3) is 0 Å². The van der Waals surface area contributed by atoms with E-state index in [4.69, 9.17) is 9.47 Å². The summed E-state index contributed by atoms with van der Waals surface area (Å²) in [4.78, 5) is 12.3. The fraction of sp³-hybridized carbons (Fsp3) is 0.435. The molecule has 2 heterocycles. The summed E-state index contributed by atoms with van der Waals surface area (Å²) in [6.07, 6.45) is 21.2. The molecule has 1 fully saturated rings. The van der Waals surface area contributed by atoms with E-state index < -0.39 is 0 Å². The molecule has 146 valence electrons. The number of carbonyl (C=O) groups is 1. The maximum atomic E-state index is 12.3. The number of nitrogens with one attached hydrogen (secondary N) is 2. The van der Waals surface area contributed by atoms with Crippen molar-refractivity contribution in [2.75, 3.05) is 7.11 Å². The molecule has 0 spiro atoms. The molecule has 1 saturated heterocycles. The summed E-state index contributed by atoms with van der Waals surface area (Å²) >= 11 is 0. The second-order valence-corrected chi connectivity index (χ2v) is 7.97. The van der Waals surface area contributed by atoms with E-state index in [1.807, 2.05) is 12.2 Å². The average molecular weight is 378 g/mol. The van der Waals surface area contributed by atoms with Crippen LogP contribution >= 0.6 is 0 Å². The van der Waals surface area contributed by atoms with Crippen LogP contribution in [-0.2, 0) is 14.3 Å². The Morgan fingerprint density at radius 1 is 1.11 bits per heavy atom. The number of rotatable bonds is 2. The van der Waals surface area contributed by atoms with Crippen molar-refractivity contribution >= 4 is 5.78 Å². The summed E-state index contributed by atoms with van der Waals surface area (Å²) in [5.41, 5.74) is 1.93. The predicted octanol–water partition coefficient (Wildman–Crippen LogP) is 3.01. The van der Waals surface area contributed by atoms with Crippen molar-refractivity contribution < 1.29 is 14.3 Å². The first kappa shape index (κ1) is 17.6. The molecule has 5 unspecified atom stereocenters. The largest absolute Gasteiger partial charge is 0.482 e. The minimum atomic E-state index is -0.0589. The van der Waals surface area contributed by atoms with Gasteiger partial charge < -0.3 is 20.1 Å². The predicted molar refractivity (Wildman–Crippen MR) is 107 cm³/mol. The Hall–Kier alpha value is -2.53. The van der Waals surface area contributed by atoms with Crippen molar-refractivity contribution in [3.8, 4) is 0 Å². The summed E-state index contributed by atoms with van der Waals surface area (Å²) in [5.74, 6) is 2.37. The highest BCUT2D eigenvalue weighted by atomic mass is 16.5. The van der Waals surface area contributed by atoms with Crippen molar-refractivity contribution in [2.45, 2.75) is 43.9 Å². The molecule has 0 aromatic heterocycles. The van der Waals surface area contributed by atoms with Crippen LogP contribution in [-0.4, -0.2) is 31.1 Å². The van der Waals surface area contributed by atoms with E-state index in [1.54, 1.807) is 13.2 Å². The number of methoxy groups -OCH3 is 1. The summed E-state index contributed by atoms with van der Waals surface area (Å²) in [7, 11) is 1.64. The van der Waals surface area contributed by atoms with Crippen LogP contribution in [0.2, 0.25) is 0 Å². The molecule has 0 bridgehead atoms. The third kappa shape index (κ3) is 3.04. The Balaban J connectivity index is 1.42. The van der Waals surface area contributed by atoms with Gasteiger partial charge in [0.25, 0.3) is 0 Å². The van der Waals surface area contributed by atoms with Gasteiger partial charge in [-0.05, 0) is 43.4 Å². The number of ether oxygens (including phenoxy) is 2. The standard InChI is InChI=1S/C23H26N2O3/c1-27-22-13-18(24-23(25-22)17-7-2-4-8-19(17)26)14-10-11-16-15-6-3-5-9-20(15)28-21(16)12-14/h3-4,6,8,10-13,15-16,18,20-21,24-25H,2,5,7,9H2,1H3. The van der Waals surface area contributed by atoms with E-state index in [0.717, 1.165) is 42.7 Å². The van der Waals surface area contributed by atoms with Crippen LogP contribution in [0.4, 0.5) is 0 Å². The zero-order valence-corrected chi connectivity index (χ0v) is 16.1. The molecule has 5 aliphatic rings. The lowest BCUT2D eigenvalue weighted by atomic mass is 9.79. The van der Waals surface area contributed by atoms with E-state index in [0.29, 0.717) is 23.8 Å². The monoisotopic (exact) mass is 378 g/mol. The fourth-order valence-electron chi connectivity index (χ4n) is 4.84. The molecule has 0 amide bonds. The molecule has 28 heavy (non-hydrogen) atoms. The molecule has 3 aliphatic carbocycles. The van der Waals surface area contributed by atoms with Crippen LogP contribution in [0.15, 0.2) is 71.5 Å². The third-order valence-corrected chi connectivity index (χ3v) is 6.30. The summed E-state index contributed by atoms with van der Waals surface area (Å²) in [6.45, 7) is 0. The van der Waals surface area contributed by atoms with Crippen LogP contribution in [0.3, 0.4) is 0 Å². The maximum Gasteiger partial charge on any atom is 0.190 e. The van der Waals surface area contributed by atoms with E-state index in [-0.39, 0.29) is 17.9 Å². The molecule has 0 aromatic rings. The number of hydrogen-bond donors (Lipinski definition) is 2. The smallest absolute Gasteiger partial charge is 0.190 e. The first-order valence-corrected chi connectivity index (χ1v) is 10.2. The summed E-state index contributed by atoms with van der Waals surface area (Å²) < 4.78 is 11.8. The lowest BCUT2D eigenvalue weighted by molar-refractivity contribution is -0.111. The van der Waals surface area contributed by atoms with Gasteiger partial charge in [0.15, 0.2) is 11.7 Å². The second kappa shape index (κ2) is 7.13. The third-order valence-electron chi connectivity index (χ3n) is 6.30. The van der Waals surface area contributed by atoms with Crippen LogP contribution in [0, 0.1) is 11.8 Å². The Morgan fingerprint density at radius 2 is 2.04 bits per heavy atom. The fourth-order valence-corrected chi connectivity index (χ4v) is 4.84. The number of carbonyl (C=O) groups excluding carboxylic acids is 1. The second-order valence-electron chi connectivity index (χ2n) is 7.97. The van der Waals surface area contributed by atoms with E-state index in [1.165, 1.54) is 0 Å². The van der Waals surface area contributed by atoms with Gasteiger partial charge in [0.05, 0.1) is 25.4 Å². The molecule has 0 radical (unpaired) electrons. The van der Waals surface area contributed by atoms with Gasteiger partial charge in [0.2, 0.25) is 0 Å². The molecule has 5 rings (SSSR count). The van der Waals surface area contributed by atoms with Gasteiger partial charge in [-0.2, -0.15) is 0 Å². The van der Waals surface area contributed by atoms with Crippen molar-refractivity contribution in [1.82, 2.24) is 10.6 Å². The van der Waals surface area contributed by atoms with Crippen LogP contribution in [0.5, 0.6) is 0 Å². The van der Waals surface area contributed by atoms with Crippen LogP contribution in [0.1, 0.15) is 25.7 Å². The minimum Gasteiger partial charge on any atom is -0.482 e. The molecular weight excluding hydrogens is 352 g/mol. The van der Waals surface area contributed by atoms with Crippen molar-refractivity contribution in [3.63, 3.8) is 0 Å². The Bertz CT molecular complexity index is 861. The Labute approximate surface area is 165 Å². The molecule has 5 atom stereocenters. The number of ketones is 1. The number of allylic oxidation sites excluding steroid dienone is 4. The highest BCUT2D eigenvalue weighted by molar-refractivity contribution is 6.05. The normalized spacial score (nSPS) is 38.8. The van der Waals surface area contributed by atoms with Gasteiger partial charge in [-0.25, -0.2) is 0 Å². The lowest BCUT2D eigenvalue weighted by Crippen LogP contribution is -2.42. The Morgan fingerprint density at radius 3 is 2.89 bits per heavy atom. The first-order valence-electron chi connectivity index (χ1n) is 10.2. The number of hydrogen-bond acceptors (Lipinski definition) is 5. The summed E-state index contributed by atoms with van der Waals surface area (Å²) in [5, 5.41) is 6.72. The highest BCUT2D eigenvalue weighted by Gasteiger charge is 2.43. The molecule has 5 heteroatoms. The molecule has 0 aromatic carbocycles. The molecular formula is C23H26N2O3. The van der Waals surface area contributed by atoms with E-state index in [9.17, 15) is 4.79 Å². The van der Waals surface area contributed by atoms with Gasteiger partial charge in [0, 0.05) is 23.5 Å². The summed E-state index contributed by atoms with van der Waals surface area (Å²) in [6, 6.07) is -0.0589. The van der Waals surface area contributed by atoms with Gasteiger partial charge in [-0.15, -0.1) is 0 Å².